The van der Waals surface area contributed by atoms with Crippen molar-refractivity contribution in [3.8, 4) is 0 Å². The van der Waals surface area contributed by atoms with Crippen molar-refractivity contribution in [2.75, 3.05) is 0 Å². The molecule has 3 nitrogen and oxygen atoms in total. The SMILES string of the molecule is O=c1c2sc3ccccc3c2ncn1C1CCCCC1. The number of thiophene rings is 1. The maximum absolute atomic E-state index is 12.7. The monoisotopic (exact) mass is 284 g/mol. The van der Waals surface area contributed by atoms with Crippen LogP contribution >= 0.6 is 11.3 Å². The van der Waals surface area contributed by atoms with Crippen LogP contribution in [0, 0.1) is 0 Å². The number of fused-ring (bicyclic) bond motifs is 3. The van der Waals surface area contributed by atoms with Crippen LogP contribution in [0.5, 0.6) is 0 Å². The van der Waals surface area contributed by atoms with Crippen LogP contribution in [0.2, 0.25) is 0 Å². The summed E-state index contributed by atoms with van der Waals surface area (Å²) in [5.74, 6) is 0. The number of nitrogens with zero attached hydrogens (tertiary/aromatic N) is 2. The van der Waals surface area contributed by atoms with E-state index in [-0.39, 0.29) is 5.56 Å². The average Bonchev–Trinajstić information content (AvgIpc) is 2.88. The zero-order chi connectivity index (χ0) is 13.5. The molecule has 1 aromatic carbocycles. The Balaban J connectivity index is 1.94. The van der Waals surface area contributed by atoms with E-state index < -0.39 is 0 Å². The molecule has 0 radical (unpaired) electrons. The third kappa shape index (κ3) is 1.79. The second-order valence-corrected chi connectivity index (χ2v) is 6.58. The average molecular weight is 284 g/mol. The van der Waals surface area contributed by atoms with Crippen molar-refractivity contribution in [3.05, 3.63) is 40.9 Å². The smallest absolute Gasteiger partial charge is 0.271 e. The lowest BCUT2D eigenvalue weighted by Crippen LogP contribution is -2.26. The molecule has 2 aromatic heterocycles. The molecule has 1 fully saturated rings. The van der Waals surface area contributed by atoms with Crippen molar-refractivity contribution in [2.45, 2.75) is 38.1 Å². The fourth-order valence-corrected chi connectivity index (χ4v) is 4.31. The van der Waals surface area contributed by atoms with Crippen LogP contribution in [-0.2, 0) is 0 Å². The van der Waals surface area contributed by atoms with Gasteiger partial charge in [0.2, 0.25) is 0 Å². The van der Waals surface area contributed by atoms with Gasteiger partial charge in [0, 0.05) is 16.1 Å². The molecule has 0 amide bonds. The Bertz CT molecular complexity index is 827. The number of aromatic nitrogens is 2. The molecule has 3 aromatic rings. The van der Waals surface area contributed by atoms with E-state index >= 15 is 0 Å². The first kappa shape index (κ1) is 12.1. The predicted molar refractivity (Wildman–Crippen MR) is 83.5 cm³/mol. The Morgan fingerprint density at radius 2 is 1.95 bits per heavy atom. The van der Waals surface area contributed by atoms with Crippen molar-refractivity contribution in [2.24, 2.45) is 0 Å². The van der Waals surface area contributed by atoms with Gasteiger partial charge in [0.1, 0.15) is 4.70 Å². The number of rotatable bonds is 1. The lowest BCUT2D eigenvalue weighted by Gasteiger charge is -2.23. The quantitative estimate of drug-likeness (QED) is 0.674. The lowest BCUT2D eigenvalue weighted by molar-refractivity contribution is 0.345. The summed E-state index contributed by atoms with van der Waals surface area (Å²) < 4.78 is 3.82. The van der Waals surface area contributed by atoms with Gasteiger partial charge >= 0.3 is 0 Å². The van der Waals surface area contributed by atoms with Gasteiger partial charge in [-0.2, -0.15) is 0 Å². The van der Waals surface area contributed by atoms with Gasteiger partial charge in [0.15, 0.2) is 0 Å². The van der Waals surface area contributed by atoms with Crippen LogP contribution in [-0.4, -0.2) is 9.55 Å². The summed E-state index contributed by atoms with van der Waals surface area (Å²) >= 11 is 1.57. The maximum atomic E-state index is 12.7. The number of hydrogen-bond donors (Lipinski definition) is 0. The maximum Gasteiger partial charge on any atom is 0.271 e. The molecule has 102 valence electrons. The first-order valence-corrected chi connectivity index (χ1v) is 8.04. The van der Waals surface area contributed by atoms with Crippen molar-refractivity contribution in [1.29, 1.82) is 0 Å². The molecule has 1 aliphatic rings. The van der Waals surface area contributed by atoms with Crippen LogP contribution < -0.4 is 5.56 Å². The van der Waals surface area contributed by atoms with Gasteiger partial charge in [0.05, 0.1) is 11.8 Å². The van der Waals surface area contributed by atoms with E-state index in [4.69, 9.17) is 0 Å². The molecule has 0 bridgehead atoms. The van der Waals surface area contributed by atoms with E-state index in [9.17, 15) is 4.79 Å². The highest BCUT2D eigenvalue weighted by Gasteiger charge is 2.19. The summed E-state index contributed by atoms with van der Waals surface area (Å²) in [6, 6.07) is 8.47. The largest absolute Gasteiger partial charge is 0.295 e. The zero-order valence-corrected chi connectivity index (χ0v) is 12.0. The Labute approximate surface area is 120 Å². The minimum Gasteiger partial charge on any atom is -0.295 e. The lowest BCUT2D eigenvalue weighted by atomic mass is 9.95. The molecular formula is C16H16N2OS. The third-order valence-corrected chi connectivity index (χ3v) is 5.43. The van der Waals surface area contributed by atoms with E-state index in [2.05, 4.69) is 11.1 Å². The Kier molecular flexibility index (Phi) is 2.84. The fourth-order valence-electron chi connectivity index (χ4n) is 3.21. The third-order valence-electron chi connectivity index (χ3n) is 4.28. The predicted octanol–water partition coefficient (Wildman–Crippen LogP) is 4.12. The van der Waals surface area contributed by atoms with Crippen molar-refractivity contribution < 1.29 is 0 Å². The van der Waals surface area contributed by atoms with E-state index in [0.717, 1.165) is 33.1 Å². The molecule has 0 spiro atoms. The van der Waals surface area contributed by atoms with Crippen LogP contribution in [0.25, 0.3) is 20.3 Å². The molecule has 0 unspecified atom stereocenters. The van der Waals surface area contributed by atoms with E-state index in [1.165, 1.54) is 19.3 Å². The molecule has 4 rings (SSSR count). The standard InChI is InChI=1S/C16H16N2OS/c19-16-15-14(12-8-4-5-9-13(12)20-15)17-10-18(16)11-6-2-1-3-7-11/h4-5,8-11H,1-3,6-7H2. The first-order valence-electron chi connectivity index (χ1n) is 7.23. The summed E-state index contributed by atoms with van der Waals surface area (Å²) in [4.78, 5) is 17.3. The Morgan fingerprint density at radius 1 is 1.15 bits per heavy atom. The molecule has 0 aliphatic heterocycles. The molecule has 2 heterocycles. The minimum absolute atomic E-state index is 0.142. The Morgan fingerprint density at radius 3 is 2.80 bits per heavy atom. The van der Waals surface area contributed by atoms with Crippen LogP contribution in [0.15, 0.2) is 35.4 Å². The summed E-state index contributed by atoms with van der Waals surface area (Å²) in [5, 5.41) is 1.10. The topological polar surface area (TPSA) is 34.9 Å². The number of hydrogen-bond acceptors (Lipinski definition) is 3. The van der Waals surface area contributed by atoms with Gasteiger partial charge in [-0.05, 0) is 18.9 Å². The summed E-state index contributed by atoms with van der Waals surface area (Å²) in [6.45, 7) is 0. The second-order valence-electron chi connectivity index (χ2n) is 5.52. The molecule has 4 heteroatoms. The molecule has 20 heavy (non-hydrogen) atoms. The highest BCUT2D eigenvalue weighted by atomic mass is 32.1. The Hall–Kier alpha value is -1.68. The van der Waals surface area contributed by atoms with Crippen LogP contribution in [0.4, 0.5) is 0 Å². The van der Waals surface area contributed by atoms with Gasteiger partial charge in [-0.25, -0.2) is 4.98 Å². The van der Waals surface area contributed by atoms with Crippen LogP contribution in [0.1, 0.15) is 38.1 Å². The van der Waals surface area contributed by atoms with Gasteiger partial charge in [-0.3, -0.25) is 9.36 Å². The zero-order valence-electron chi connectivity index (χ0n) is 11.2. The molecule has 1 aliphatic carbocycles. The highest BCUT2D eigenvalue weighted by molar-refractivity contribution is 7.25. The first-order chi connectivity index (χ1) is 9.84. The molecule has 0 N–H and O–H groups in total. The van der Waals surface area contributed by atoms with Crippen molar-refractivity contribution in [1.82, 2.24) is 9.55 Å². The summed E-state index contributed by atoms with van der Waals surface area (Å²) in [5.41, 5.74) is 1.01. The minimum atomic E-state index is 0.142. The van der Waals surface area contributed by atoms with E-state index in [1.54, 1.807) is 17.7 Å². The fraction of sp³-hybridized carbons (Fsp3) is 0.375. The summed E-state index contributed by atoms with van der Waals surface area (Å²) in [7, 11) is 0. The number of benzene rings is 1. The van der Waals surface area contributed by atoms with Crippen LogP contribution in [0.3, 0.4) is 0 Å². The van der Waals surface area contributed by atoms with Gasteiger partial charge in [-0.15, -0.1) is 11.3 Å². The van der Waals surface area contributed by atoms with E-state index in [1.807, 2.05) is 22.8 Å². The van der Waals surface area contributed by atoms with Crippen molar-refractivity contribution in [3.63, 3.8) is 0 Å². The normalized spacial score (nSPS) is 17.0. The van der Waals surface area contributed by atoms with Crippen molar-refractivity contribution >= 4 is 31.6 Å². The van der Waals surface area contributed by atoms with Gasteiger partial charge < -0.3 is 0 Å². The van der Waals surface area contributed by atoms with E-state index in [0.29, 0.717) is 6.04 Å². The summed E-state index contributed by atoms with van der Waals surface area (Å²) in [6.07, 6.45) is 7.72. The molecule has 1 saturated carbocycles. The molecule has 0 atom stereocenters. The molecular weight excluding hydrogens is 268 g/mol. The second kappa shape index (κ2) is 4.70. The van der Waals surface area contributed by atoms with Gasteiger partial charge in [-0.1, -0.05) is 37.5 Å². The molecule has 0 saturated heterocycles. The van der Waals surface area contributed by atoms with Gasteiger partial charge in [0.25, 0.3) is 5.56 Å². The highest BCUT2D eigenvalue weighted by Crippen LogP contribution is 2.31.